The highest BCUT2D eigenvalue weighted by Gasteiger charge is 2.21. The van der Waals surface area contributed by atoms with E-state index < -0.39 is 0 Å². The molecular weight excluding hydrogens is 693 g/mol. The molecule has 0 spiro atoms. The summed E-state index contributed by atoms with van der Waals surface area (Å²) in [6.07, 6.45) is 3.16. The average molecular weight is 721 g/mol. The van der Waals surface area contributed by atoms with E-state index in [1.807, 2.05) is 78.9 Å². The summed E-state index contributed by atoms with van der Waals surface area (Å²) >= 11 is 0. The van der Waals surface area contributed by atoms with E-state index in [-0.39, 0.29) is 0 Å². The molecule has 11 rings (SSSR count). The van der Waals surface area contributed by atoms with Crippen LogP contribution in [0.5, 0.6) is 0 Å². The van der Waals surface area contributed by atoms with Crippen molar-refractivity contribution in [3.8, 4) is 68.0 Å². The first-order chi connectivity index (χ1) is 27.7. The first-order valence-corrected chi connectivity index (χ1v) is 18.3. The Hall–Kier alpha value is -7.84. The average Bonchev–Trinajstić information content (AvgIpc) is 3.89. The van der Waals surface area contributed by atoms with E-state index in [2.05, 4.69) is 82.8 Å². The van der Waals surface area contributed by atoms with Gasteiger partial charge in [-0.05, 0) is 57.3 Å². The van der Waals surface area contributed by atoms with Gasteiger partial charge in [-0.15, -0.1) is 0 Å². The van der Waals surface area contributed by atoms with Gasteiger partial charge in [-0.2, -0.15) is 0 Å². The highest BCUT2D eigenvalue weighted by molar-refractivity contribution is 6.20. The predicted octanol–water partition coefficient (Wildman–Crippen LogP) is 11.9. The molecule has 4 heterocycles. The fourth-order valence-corrected chi connectivity index (χ4v) is 7.54. The molecule has 11 aromatic rings. The minimum absolute atomic E-state index is 0.423. The number of hydrogen-bond donors (Lipinski definition) is 0. The Morgan fingerprint density at radius 1 is 0.393 bits per heavy atom. The molecule has 0 aliphatic rings. The summed E-state index contributed by atoms with van der Waals surface area (Å²) in [5.41, 5.74) is 10.5. The van der Waals surface area contributed by atoms with E-state index in [1.165, 1.54) is 6.33 Å². The van der Waals surface area contributed by atoms with Crippen LogP contribution in [0.15, 0.2) is 179 Å². The molecule has 262 valence electrons. The third kappa shape index (κ3) is 5.31. The molecule has 4 aromatic heterocycles. The van der Waals surface area contributed by atoms with Crippen molar-refractivity contribution in [3.05, 3.63) is 170 Å². The van der Waals surface area contributed by atoms with Gasteiger partial charge in [0.25, 0.3) is 0 Å². The van der Waals surface area contributed by atoms with Crippen LogP contribution in [-0.2, 0) is 0 Å². The first kappa shape index (κ1) is 31.7. The van der Waals surface area contributed by atoms with E-state index >= 15 is 0 Å². The summed E-state index contributed by atoms with van der Waals surface area (Å²) in [6.45, 7) is 0. The maximum Gasteiger partial charge on any atom is 0.246 e. The zero-order valence-electron chi connectivity index (χ0n) is 29.7. The van der Waals surface area contributed by atoms with E-state index in [9.17, 15) is 0 Å². The monoisotopic (exact) mass is 720 g/mol. The van der Waals surface area contributed by atoms with Crippen LogP contribution < -0.4 is 0 Å². The molecule has 56 heavy (non-hydrogen) atoms. The lowest BCUT2D eigenvalue weighted by Crippen LogP contribution is -2.00. The number of benzene rings is 7. The Morgan fingerprint density at radius 2 is 1.02 bits per heavy atom. The second-order valence-electron chi connectivity index (χ2n) is 13.5. The Balaban J connectivity index is 1.00. The quantitative estimate of drug-likeness (QED) is 0.167. The second kappa shape index (κ2) is 12.9. The Kier molecular flexibility index (Phi) is 7.31. The van der Waals surface area contributed by atoms with Crippen LogP contribution in [-0.4, -0.2) is 29.9 Å². The summed E-state index contributed by atoms with van der Waals surface area (Å²) in [4.78, 5) is 27.7. The van der Waals surface area contributed by atoms with Crippen LogP contribution >= 0.6 is 0 Å². The van der Waals surface area contributed by atoms with E-state index in [1.54, 1.807) is 12.3 Å². The van der Waals surface area contributed by atoms with E-state index in [4.69, 9.17) is 28.8 Å². The molecule has 7 aromatic carbocycles. The smallest absolute Gasteiger partial charge is 0.246 e. The van der Waals surface area contributed by atoms with Crippen LogP contribution in [0.1, 0.15) is 0 Å². The van der Waals surface area contributed by atoms with Gasteiger partial charge in [-0.3, -0.25) is 0 Å². The van der Waals surface area contributed by atoms with E-state index in [0.717, 1.165) is 66.1 Å². The number of rotatable bonds is 6. The van der Waals surface area contributed by atoms with E-state index in [0.29, 0.717) is 45.7 Å². The number of nitrogens with zero attached hydrogens (tertiary/aromatic N) is 6. The zero-order chi connectivity index (χ0) is 37.0. The normalized spacial score (nSPS) is 11.6. The van der Waals surface area contributed by atoms with Gasteiger partial charge in [-0.25, -0.2) is 29.9 Å². The molecule has 0 aliphatic carbocycles. The van der Waals surface area contributed by atoms with Gasteiger partial charge in [0.1, 0.15) is 23.1 Å². The molecule has 0 saturated carbocycles. The number of furan rings is 1. The topological polar surface area (TPSA) is 104 Å². The highest BCUT2D eigenvalue weighted by atomic mass is 16.4. The van der Waals surface area contributed by atoms with Crippen molar-refractivity contribution in [2.45, 2.75) is 0 Å². The summed E-state index contributed by atoms with van der Waals surface area (Å²) in [5.74, 6) is 2.32. The number of hydrogen-bond acceptors (Lipinski definition) is 8. The van der Waals surface area contributed by atoms with Crippen molar-refractivity contribution < 1.29 is 8.83 Å². The molecule has 0 amide bonds. The Bertz CT molecular complexity index is 3180. The van der Waals surface area contributed by atoms with Gasteiger partial charge in [0.05, 0.1) is 0 Å². The second-order valence-corrected chi connectivity index (χ2v) is 13.5. The lowest BCUT2D eigenvalue weighted by Gasteiger charge is -2.13. The molecule has 8 nitrogen and oxygen atoms in total. The van der Waals surface area contributed by atoms with Crippen LogP contribution in [0, 0.1) is 0 Å². The molecule has 0 unspecified atom stereocenters. The Labute approximate surface area is 319 Å². The molecule has 0 saturated heterocycles. The third-order valence-electron chi connectivity index (χ3n) is 10.2. The molecular formula is C48H28N6O2. The summed E-state index contributed by atoms with van der Waals surface area (Å²) in [5, 5.41) is 4.27. The van der Waals surface area contributed by atoms with Crippen molar-refractivity contribution >= 4 is 43.8 Å². The SMILES string of the molecule is c1ccc(-c2nc(-c3ccccc3)nc(-c3ccc(-c4ccc(-c5cccc6oc7c(ccc8nc(-c9ccncn9)oc87)c56)c5ccccc45)cc3)n2)cc1. The maximum absolute atomic E-state index is 6.51. The first-order valence-electron chi connectivity index (χ1n) is 18.3. The van der Waals surface area contributed by atoms with Crippen LogP contribution in [0.2, 0.25) is 0 Å². The zero-order valence-corrected chi connectivity index (χ0v) is 29.7. The van der Waals surface area contributed by atoms with Crippen molar-refractivity contribution in [1.29, 1.82) is 0 Å². The minimum Gasteiger partial charge on any atom is -0.452 e. The van der Waals surface area contributed by atoms with Crippen molar-refractivity contribution in [2.75, 3.05) is 0 Å². The standard InChI is InChI=1S/C48H28N6O2/c1-3-10-30(11-4-1)45-52-46(31-12-5-2-6-13-31)54-47(53-45)32-20-18-29(19-21-32)33-22-23-36(35-15-8-7-14-34(33)35)37-16-9-17-41-42(37)38-24-25-39-44(43(38)55-41)56-48(51-39)40-26-27-49-28-50-40/h1-28H. The highest BCUT2D eigenvalue weighted by Crippen LogP contribution is 2.43. The van der Waals surface area contributed by atoms with Gasteiger partial charge in [0.15, 0.2) is 28.6 Å². The Morgan fingerprint density at radius 3 is 1.70 bits per heavy atom. The molecule has 0 atom stereocenters. The molecule has 0 N–H and O–H groups in total. The van der Waals surface area contributed by atoms with Crippen LogP contribution in [0.3, 0.4) is 0 Å². The molecule has 0 fully saturated rings. The van der Waals surface area contributed by atoms with Crippen LogP contribution in [0.4, 0.5) is 0 Å². The third-order valence-corrected chi connectivity index (χ3v) is 10.2. The summed E-state index contributed by atoms with van der Waals surface area (Å²) in [6, 6.07) is 53.5. The van der Waals surface area contributed by atoms with Gasteiger partial charge in [-0.1, -0.05) is 133 Å². The van der Waals surface area contributed by atoms with Gasteiger partial charge in [0, 0.05) is 33.7 Å². The number of aromatic nitrogens is 6. The lowest BCUT2D eigenvalue weighted by molar-refractivity contribution is 0.601. The molecule has 0 radical (unpaired) electrons. The van der Waals surface area contributed by atoms with Gasteiger partial charge >= 0.3 is 0 Å². The summed E-state index contributed by atoms with van der Waals surface area (Å²) in [7, 11) is 0. The lowest BCUT2D eigenvalue weighted by atomic mass is 9.90. The molecule has 0 bridgehead atoms. The van der Waals surface area contributed by atoms with Crippen molar-refractivity contribution in [3.63, 3.8) is 0 Å². The molecule has 0 aliphatic heterocycles. The van der Waals surface area contributed by atoms with Gasteiger partial charge < -0.3 is 8.83 Å². The number of oxazole rings is 1. The predicted molar refractivity (Wildman–Crippen MR) is 220 cm³/mol. The number of fused-ring (bicyclic) bond motifs is 6. The maximum atomic E-state index is 6.51. The molecule has 8 heteroatoms. The van der Waals surface area contributed by atoms with Gasteiger partial charge in [0.2, 0.25) is 5.89 Å². The van der Waals surface area contributed by atoms with Crippen molar-refractivity contribution in [2.24, 2.45) is 0 Å². The minimum atomic E-state index is 0.423. The van der Waals surface area contributed by atoms with Crippen molar-refractivity contribution in [1.82, 2.24) is 29.9 Å². The fourth-order valence-electron chi connectivity index (χ4n) is 7.54. The van der Waals surface area contributed by atoms with Crippen LogP contribution in [0.25, 0.3) is 112 Å². The fraction of sp³-hybridized carbons (Fsp3) is 0. The summed E-state index contributed by atoms with van der Waals surface area (Å²) < 4.78 is 12.8. The largest absolute Gasteiger partial charge is 0.452 e.